The molecule has 3 aromatic rings. The van der Waals surface area contributed by atoms with E-state index < -0.39 is 62.7 Å². The number of β-amino-alcohol motifs (C(OH)–C–C–N with tert-alkyl or cyclic N) is 1. The van der Waals surface area contributed by atoms with Crippen molar-refractivity contribution in [3.05, 3.63) is 76.8 Å². The molecule has 35 heavy (non-hydrogen) atoms. The van der Waals surface area contributed by atoms with Crippen molar-refractivity contribution in [2.24, 2.45) is 0 Å². The van der Waals surface area contributed by atoms with E-state index in [1.165, 1.54) is 12.1 Å². The maximum atomic E-state index is 13.1. The predicted octanol–water partition coefficient (Wildman–Crippen LogP) is 2.05. The second-order valence-electron chi connectivity index (χ2n) is 7.92. The number of anilines is 1. The van der Waals surface area contributed by atoms with Gasteiger partial charge in [0.25, 0.3) is 21.6 Å². The van der Waals surface area contributed by atoms with Crippen LogP contribution in [0.2, 0.25) is 0 Å². The molecule has 12 heteroatoms. The molecule has 0 bridgehead atoms. The highest BCUT2D eigenvalue weighted by atomic mass is 32.2. The highest BCUT2D eigenvalue weighted by Gasteiger charge is 2.46. The minimum absolute atomic E-state index is 0.273. The highest BCUT2D eigenvalue weighted by molar-refractivity contribution is 7.89. The van der Waals surface area contributed by atoms with Crippen LogP contribution in [0.1, 0.15) is 6.42 Å². The van der Waals surface area contributed by atoms with Gasteiger partial charge in [-0.1, -0.05) is 42.5 Å². The number of benzene rings is 3. The zero-order valence-electron chi connectivity index (χ0n) is 18.2. The number of nitrogens with zero attached hydrogens (tertiary/aromatic N) is 2. The van der Waals surface area contributed by atoms with Crippen LogP contribution >= 0.6 is 0 Å². The minimum atomic E-state index is -4.52. The third-order valence-electron chi connectivity index (χ3n) is 5.53. The minimum Gasteiger partial charge on any atom is -0.454 e. The third-order valence-corrected chi connectivity index (χ3v) is 7.46. The van der Waals surface area contributed by atoms with E-state index in [0.717, 1.165) is 22.9 Å². The van der Waals surface area contributed by atoms with E-state index >= 15 is 0 Å². The molecule has 182 valence electrons. The number of nitro groups is 1. The number of carbonyl (C=O) groups excluding carboxylic acids is 2. The van der Waals surface area contributed by atoms with Gasteiger partial charge in [-0.2, -0.15) is 4.31 Å². The van der Waals surface area contributed by atoms with Gasteiger partial charge in [-0.15, -0.1) is 0 Å². The van der Waals surface area contributed by atoms with Crippen LogP contribution in [0.4, 0.5) is 11.4 Å². The first-order valence-electron chi connectivity index (χ1n) is 10.6. The number of hydrogen-bond donors (Lipinski definition) is 2. The van der Waals surface area contributed by atoms with Gasteiger partial charge >= 0.3 is 5.97 Å². The average Bonchev–Trinajstić information content (AvgIpc) is 3.25. The summed E-state index contributed by atoms with van der Waals surface area (Å²) in [5.41, 5.74) is -0.169. The fraction of sp³-hybridized carbons (Fsp3) is 0.217. The van der Waals surface area contributed by atoms with E-state index in [4.69, 9.17) is 4.74 Å². The quantitative estimate of drug-likeness (QED) is 0.284. The first-order chi connectivity index (χ1) is 16.7. The number of amides is 1. The van der Waals surface area contributed by atoms with Gasteiger partial charge < -0.3 is 15.2 Å². The number of esters is 1. The van der Waals surface area contributed by atoms with Crippen molar-refractivity contribution in [3.63, 3.8) is 0 Å². The summed E-state index contributed by atoms with van der Waals surface area (Å²) >= 11 is 0. The Morgan fingerprint density at radius 3 is 2.51 bits per heavy atom. The van der Waals surface area contributed by atoms with Gasteiger partial charge in [0, 0.05) is 24.7 Å². The SMILES string of the molecule is O=C(COC(=O)[C@@H]1CC(O)CN1S(=O)(=O)c1ccccc1[N+](=O)[O-])Nc1ccc2ccccc2c1. The van der Waals surface area contributed by atoms with Crippen LogP contribution in [0.5, 0.6) is 0 Å². The van der Waals surface area contributed by atoms with Crippen LogP contribution in [0.3, 0.4) is 0 Å². The molecule has 2 N–H and O–H groups in total. The Bertz CT molecular complexity index is 1410. The smallest absolute Gasteiger partial charge is 0.325 e. The number of nitro benzene ring substituents is 1. The number of hydrogen-bond acceptors (Lipinski definition) is 8. The summed E-state index contributed by atoms with van der Waals surface area (Å²) in [7, 11) is -4.52. The molecule has 1 fully saturated rings. The first-order valence-corrected chi connectivity index (χ1v) is 12.0. The molecule has 1 saturated heterocycles. The van der Waals surface area contributed by atoms with E-state index in [2.05, 4.69) is 5.32 Å². The van der Waals surface area contributed by atoms with Crippen molar-refractivity contribution in [1.29, 1.82) is 0 Å². The van der Waals surface area contributed by atoms with E-state index in [9.17, 15) is 33.2 Å². The topological polar surface area (TPSA) is 156 Å². The van der Waals surface area contributed by atoms with Gasteiger partial charge in [0.15, 0.2) is 11.5 Å². The first kappa shape index (κ1) is 24.3. The van der Waals surface area contributed by atoms with Gasteiger partial charge in [0.2, 0.25) is 0 Å². The lowest BCUT2D eigenvalue weighted by molar-refractivity contribution is -0.387. The van der Waals surface area contributed by atoms with Crippen molar-refractivity contribution >= 4 is 44.0 Å². The van der Waals surface area contributed by atoms with Crippen LogP contribution in [-0.4, -0.2) is 59.9 Å². The highest BCUT2D eigenvalue weighted by Crippen LogP contribution is 2.32. The number of ether oxygens (including phenoxy) is 1. The van der Waals surface area contributed by atoms with Gasteiger partial charge in [-0.05, 0) is 29.0 Å². The molecule has 1 aliphatic heterocycles. The van der Waals surface area contributed by atoms with Gasteiger partial charge in [-0.3, -0.25) is 19.7 Å². The Labute approximate surface area is 200 Å². The van der Waals surface area contributed by atoms with E-state index in [-0.39, 0.29) is 6.42 Å². The summed E-state index contributed by atoms with van der Waals surface area (Å²) in [6.07, 6.45) is -1.46. The lowest BCUT2D eigenvalue weighted by atomic mass is 10.1. The van der Waals surface area contributed by atoms with Crippen molar-refractivity contribution in [3.8, 4) is 0 Å². The summed E-state index contributed by atoms with van der Waals surface area (Å²) < 4.78 is 32.0. The van der Waals surface area contributed by atoms with Crippen LogP contribution < -0.4 is 5.32 Å². The van der Waals surface area contributed by atoms with Gasteiger partial charge in [0.1, 0.15) is 6.04 Å². The fourth-order valence-electron chi connectivity index (χ4n) is 3.91. The number of fused-ring (bicyclic) bond motifs is 1. The van der Waals surface area contributed by atoms with Crippen molar-refractivity contribution in [1.82, 2.24) is 4.31 Å². The van der Waals surface area contributed by atoms with Crippen LogP contribution in [0.25, 0.3) is 10.8 Å². The molecule has 1 amide bonds. The molecule has 1 heterocycles. The Balaban J connectivity index is 1.45. The second-order valence-corrected chi connectivity index (χ2v) is 9.78. The van der Waals surface area contributed by atoms with Crippen molar-refractivity contribution in [2.45, 2.75) is 23.5 Å². The van der Waals surface area contributed by atoms with E-state index in [0.29, 0.717) is 9.99 Å². The second kappa shape index (κ2) is 9.78. The number of aliphatic hydroxyl groups excluding tert-OH is 1. The largest absolute Gasteiger partial charge is 0.454 e. The molecule has 4 rings (SSSR count). The number of sulfonamides is 1. The van der Waals surface area contributed by atoms with Gasteiger partial charge in [0.05, 0.1) is 11.0 Å². The molecule has 2 atom stereocenters. The Hall–Kier alpha value is -3.87. The lowest BCUT2D eigenvalue weighted by Crippen LogP contribution is -2.42. The maximum absolute atomic E-state index is 13.1. The molecular formula is C23H21N3O8S. The summed E-state index contributed by atoms with van der Waals surface area (Å²) in [6.45, 7) is -1.13. The number of rotatable bonds is 7. The molecule has 0 radical (unpaired) electrons. The Morgan fingerprint density at radius 2 is 1.77 bits per heavy atom. The molecule has 1 unspecified atom stereocenters. The fourth-order valence-corrected chi connectivity index (χ4v) is 5.70. The van der Waals surface area contributed by atoms with Crippen LogP contribution in [-0.2, 0) is 24.3 Å². The molecule has 1 aliphatic rings. The zero-order chi connectivity index (χ0) is 25.2. The molecule has 0 aromatic heterocycles. The van der Waals surface area contributed by atoms with Crippen LogP contribution in [0.15, 0.2) is 71.6 Å². The Morgan fingerprint density at radius 1 is 1.09 bits per heavy atom. The summed E-state index contributed by atoms with van der Waals surface area (Å²) in [5, 5.41) is 25.8. The predicted molar refractivity (Wildman–Crippen MR) is 125 cm³/mol. The van der Waals surface area contributed by atoms with Crippen molar-refractivity contribution in [2.75, 3.05) is 18.5 Å². The van der Waals surface area contributed by atoms with Crippen molar-refractivity contribution < 1.29 is 32.8 Å². The molecular weight excluding hydrogens is 478 g/mol. The van der Waals surface area contributed by atoms with E-state index in [1.54, 1.807) is 12.1 Å². The molecule has 0 spiro atoms. The van der Waals surface area contributed by atoms with Gasteiger partial charge in [-0.25, -0.2) is 8.42 Å². The summed E-state index contributed by atoms with van der Waals surface area (Å²) in [6, 6.07) is 16.1. The van der Waals surface area contributed by atoms with Crippen LogP contribution in [0, 0.1) is 10.1 Å². The van der Waals surface area contributed by atoms with E-state index in [1.807, 2.05) is 30.3 Å². The molecule has 0 aliphatic carbocycles. The number of nitrogens with one attached hydrogen (secondary N) is 1. The molecule has 11 nitrogen and oxygen atoms in total. The standard InChI is InChI=1S/C23H21N3O8S/c27-18-12-20(25(13-18)35(32,33)21-8-4-3-7-19(21)26(30)31)23(29)34-14-22(28)24-17-10-9-15-5-1-2-6-16(15)11-17/h1-11,18,20,27H,12-14H2,(H,24,28)/t18?,20-/m0/s1. The maximum Gasteiger partial charge on any atom is 0.325 e. The summed E-state index contributed by atoms with van der Waals surface area (Å²) in [4.78, 5) is 34.8. The third kappa shape index (κ3) is 5.14. The monoisotopic (exact) mass is 499 g/mol. The number of aliphatic hydroxyl groups is 1. The normalized spacial score (nSPS) is 18.3. The summed E-state index contributed by atoms with van der Waals surface area (Å²) in [5.74, 6) is -1.68. The number of para-hydroxylation sites is 1. The number of carbonyl (C=O) groups is 2. The lowest BCUT2D eigenvalue weighted by Gasteiger charge is -2.22. The molecule has 3 aromatic carbocycles. The Kier molecular flexibility index (Phi) is 6.78. The average molecular weight is 500 g/mol. The zero-order valence-corrected chi connectivity index (χ0v) is 19.1. The molecule has 0 saturated carbocycles.